The summed E-state index contributed by atoms with van der Waals surface area (Å²) in [4.78, 5) is 0. The number of ether oxygens (including phenoxy) is 2. The van der Waals surface area contributed by atoms with Gasteiger partial charge in [-0.2, -0.15) is 0 Å². The Morgan fingerprint density at radius 1 is 1.05 bits per heavy atom. The minimum atomic E-state index is 0.660. The van der Waals surface area contributed by atoms with Crippen molar-refractivity contribution in [3.05, 3.63) is 34.3 Å². The summed E-state index contributed by atoms with van der Waals surface area (Å²) in [6.07, 6.45) is 2.28. The van der Waals surface area contributed by atoms with E-state index in [1.165, 1.54) is 5.56 Å². The van der Waals surface area contributed by atoms with Crippen LogP contribution in [0.1, 0.15) is 25.3 Å². The van der Waals surface area contributed by atoms with Crippen molar-refractivity contribution in [1.82, 2.24) is 5.32 Å². The van der Waals surface area contributed by atoms with Crippen molar-refractivity contribution < 1.29 is 9.47 Å². The van der Waals surface area contributed by atoms with E-state index in [1.807, 2.05) is 25.1 Å². The van der Waals surface area contributed by atoms with Gasteiger partial charge in [0.15, 0.2) is 0 Å². The number of rotatable bonds is 11. The summed E-state index contributed by atoms with van der Waals surface area (Å²) in [5, 5.41) is 3.37. The highest BCUT2D eigenvalue weighted by atomic mass is 79.9. The van der Waals surface area contributed by atoms with Crippen molar-refractivity contribution in [2.45, 2.75) is 26.4 Å². The highest BCUT2D eigenvalue weighted by molar-refractivity contribution is 9.10. The van der Waals surface area contributed by atoms with Crippen LogP contribution >= 0.6 is 15.9 Å². The van der Waals surface area contributed by atoms with Crippen molar-refractivity contribution in [3.8, 4) is 0 Å². The second-order valence-electron chi connectivity index (χ2n) is 4.30. The minimum Gasteiger partial charge on any atom is -0.382 e. The molecule has 0 amide bonds. The van der Waals surface area contributed by atoms with Crippen molar-refractivity contribution >= 4 is 15.9 Å². The van der Waals surface area contributed by atoms with Crippen LogP contribution < -0.4 is 5.32 Å². The first-order valence-corrected chi connectivity index (χ1v) is 7.73. The summed E-state index contributed by atoms with van der Waals surface area (Å²) in [6.45, 7) is 7.05. The smallest absolute Gasteiger partial charge is 0.0728 e. The fraction of sp³-hybridized carbons (Fsp3) is 0.600. The Morgan fingerprint density at radius 2 is 1.89 bits per heavy atom. The lowest BCUT2D eigenvalue weighted by atomic mass is 10.2. The molecule has 0 saturated heterocycles. The summed E-state index contributed by atoms with van der Waals surface area (Å²) in [6, 6.07) is 8.15. The van der Waals surface area contributed by atoms with Crippen LogP contribution in [0.5, 0.6) is 0 Å². The molecule has 0 spiro atoms. The molecule has 0 radical (unpaired) electrons. The second-order valence-corrected chi connectivity index (χ2v) is 5.15. The Hall–Kier alpha value is -0.420. The maximum atomic E-state index is 5.63. The lowest BCUT2D eigenvalue weighted by molar-refractivity contribution is 0.121. The number of hydrogen-bond donors (Lipinski definition) is 1. The van der Waals surface area contributed by atoms with Gasteiger partial charge >= 0.3 is 0 Å². The number of benzene rings is 1. The molecule has 3 nitrogen and oxygen atoms in total. The highest BCUT2D eigenvalue weighted by Crippen LogP contribution is 2.16. The van der Waals surface area contributed by atoms with E-state index in [2.05, 4.69) is 27.3 Å². The maximum Gasteiger partial charge on any atom is 0.0728 e. The molecule has 0 aliphatic carbocycles. The molecule has 1 rings (SSSR count). The first kappa shape index (κ1) is 16.6. The molecular weight excluding hydrogens is 306 g/mol. The topological polar surface area (TPSA) is 30.5 Å². The average molecular weight is 330 g/mol. The SMILES string of the molecule is CCOCCCCNCCOCc1ccccc1Br. The van der Waals surface area contributed by atoms with E-state index >= 15 is 0 Å². The molecule has 0 unspecified atom stereocenters. The number of halogens is 1. The van der Waals surface area contributed by atoms with Gasteiger partial charge < -0.3 is 14.8 Å². The monoisotopic (exact) mass is 329 g/mol. The van der Waals surface area contributed by atoms with Crippen LogP contribution in [0.2, 0.25) is 0 Å². The molecule has 4 heteroatoms. The first-order chi connectivity index (χ1) is 9.34. The van der Waals surface area contributed by atoms with Crippen LogP contribution in [0.15, 0.2) is 28.7 Å². The van der Waals surface area contributed by atoms with Gasteiger partial charge in [0.05, 0.1) is 13.2 Å². The van der Waals surface area contributed by atoms with Gasteiger partial charge in [0.25, 0.3) is 0 Å². The third-order valence-corrected chi connectivity index (χ3v) is 3.51. The van der Waals surface area contributed by atoms with E-state index in [0.29, 0.717) is 6.61 Å². The van der Waals surface area contributed by atoms with Crippen molar-refractivity contribution in [2.24, 2.45) is 0 Å². The molecule has 0 atom stereocenters. The lowest BCUT2D eigenvalue weighted by Crippen LogP contribution is -2.21. The molecule has 1 N–H and O–H groups in total. The predicted octanol–water partition coefficient (Wildman–Crippen LogP) is 3.37. The number of hydrogen-bond acceptors (Lipinski definition) is 3. The largest absolute Gasteiger partial charge is 0.382 e. The summed E-state index contributed by atoms with van der Waals surface area (Å²) in [5.74, 6) is 0. The van der Waals surface area contributed by atoms with Crippen molar-refractivity contribution in [1.29, 1.82) is 0 Å². The fourth-order valence-corrected chi connectivity index (χ4v) is 2.06. The molecule has 0 bridgehead atoms. The van der Waals surface area contributed by atoms with Gasteiger partial charge in [-0.3, -0.25) is 0 Å². The Labute approximate surface area is 124 Å². The molecule has 0 aromatic heterocycles. The van der Waals surface area contributed by atoms with E-state index in [1.54, 1.807) is 0 Å². The quantitative estimate of drug-likeness (QED) is 0.631. The molecule has 108 valence electrons. The van der Waals surface area contributed by atoms with Crippen LogP contribution in [0.25, 0.3) is 0 Å². The van der Waals surface area contributed by atoms with E-state index in [-0.39, 0.29) is 0 Å². The third kappa shape index (κ3) is 8.37. The lowest BCUT2D eigenvalue weighted by Gasteiger charge is -2.07. The summed E-state index contributed by atoms with van der Waals surface area (Å²) in [5.41, 5.74) is 1.19. The molecule has 1 aromatic carbocycles. The van der Waals surface area contributed by atoms with E-state index in [9.17, 15) is 0 Å². The van der Waals surface area contributed by atoms with Crippen LogP contribution in [0, 0.1) is 0 Å². The van der Waals surface area contributed by atoms with Gasteiger partial charge in [0.2, 0.25) is 0 Å². The second kappa shape index (κ2) is 11.4. The summed E-state index contributed by atoms with van der Waals surface area (Å²) in [7, 11) is 0. The molecule has 0 aliphatic rings. The number of unbranched alkanes of at least 4 members (excludes halogenated alkanes) is 1. The molecule has 0 fully saturated rings. The van der Waals surface area contributed by atoms with Gasteiger partial charge in [-0.15, -0.1) is 0 Å². The zero-order valence-electron chi connectivity index (χ0n) is 11.7. The van der Waals surface area contributed by atoms with Crippen LogP contribution in [0.4, 0.5) is 0 Å². The standard InChI is InChI=1S/C15H24BrNO2/c1-2-18-11-6-5-9-17-10-12-19-13-14-7-3-4-8-15(14)16/h3-4,7-8,17H,2,5-6,9-13H2,1H3. The van der Waals surface area contributed by atoms with Gasteiger partial charge in [-0.25, -0.2) is 0 Å². The van der Waals surface area contributed by atoms with Crippen LogP contribution in [-0.4, -0.2) is 32.9 Å². The Morgan fingerprint density at radius 3 is 2.68 bits per heavy atom. The van der Waals surface area contributed by atoms with Crippen LogP contribution in [-0.2, 0) is 16.1 Å². The van der Waals surface area contributed by atoms with Crippen molar-refractivity contribution in [2.75, 3.05) is 32.9 Å². The Bertz CT molecular complexity index is 334. The zero-order valence-corrected chi connectivity index (χ0v) is 13.2. The summed E-state index contributed by atoms with van der Waals surface area (Å²) < 4.78 is 12.0. The highest BCUT2D eigenvalue weighted by Gasteiger charge is 1.97. The molecule has 0 heterocycles. The van der Waals surface area contributed by atoms with Crippen LogP contribution in [0.3, 0.4) is 0 Å². The molecule has 1 aromatic rings. The molecule has 0 saturated carbocycles. The Balaban J connectivity index is 1.90. The maximum absolute atomic E-state index is 5.63. The number of nitrogens with one attached hydrogen (secondary N) is 1. The third-order valence-electron chi connectivity index (χ3n) is 2.73. The van der Waals surface area contributed by atoms with Gasteiger partial charge in [0, 0.05) is 24.2 Å². The van der Waals surface area contributed by atoms with Gasteiger partial charge in [-0.1, -0.05) is 34.1 Å². The molecule has 0 aliphatic heterocycles. The fourth-order valence-electron chi connectivity index (χ4n) is 1.67. The predicted molar refractivity (Wildman–Crippen MR) is 82.4 cm³/mol. The summed E-state index contributed by atoms with van der Waals surface area (Å²) >= 11 is 3.51. The van der Waals surface area contributed by atoms with E-state index in [4.69, 9.17) is 9.47 Å². The first-order valence-electron chi connectivity index (χ1n) is 6.94. The normalized spacial score (nSPS) is 10.8. The van der Waals surface area contributed by atoms with Crippen molar-refractivity contribution in [3.63, 3.8) is 0 Å². The van der Waals surface area contributed by atoms with E-state index < -0.39 is 0 Å². The Kier molecular flexibility index (Phi) is 9.99. The molecular formula is C15H24BrNO2. The average Bonchev–Trinajstić information content (AvgIpc) is 2.43. The van der Waals surface area contributed by atoms with E-state index in [0.717, 1.165) is 50.2 Å². The molecule has 19 heavy (non-hydrogen) atoms. The van der Waals surface area contributed by atoms with Gasteiger partial charge in [-0.05, 0) is 37.9 Å². The minimum absolute atomic E-state index is 0.660. The zero-order chi connectivity index (χ0) is 13.8. The van der Waals surface area contributed by atoms with Gasteiger partial charge in [0.1, 0.15) is 0 Å².